The molecule has 1 aliphatic heterocycles. The highest BCUT2D eigenvalue weighted by atomic mass is 32.2. The van der Waals surface area contributed by atoms with E-state index in [1.165, 1.54) is 27.8 Å². The third-order valence-electron chi connectivity index (χ3n) is 4.85. The quantitative estimate of drug-likeness (QED) is 0.627. The van der Waals surface area contributed by atoms with Gasteiger partial charge in [-0.1, -0.05) is 36.0 Å². The van der Waals surface area contributed by atoms with Crippen LogP contribution in [-0.2, 0) is 12.8 Å². The fourth-order valence-electron chi connectivity index (χ4n) is 3.30. The van der Waals surface area contributed by atoms with Crippen LogP contribution in [0.25, 0.3) is 4.91 Å². The first-order chi connectivity index (χ1) is 13.5. The fourth-order valence-corrected chi connectivity index (χ4v) is 4.05. The van der Waals surface area contributed by atoms with Gasteiger partial charge in [0.25, 0.3) is 0 Å². The van der Waals surface area contributed by atoms with Crippen molar-refractivity contribution in [2.45, 2.75) is 33.6 Å². The average molecular weight is 394 g/mol. The molecule has 146 valence electrons. The summed E-state index contributed by atoms with van der Waals surface area (Å²) in [5.41, 5.74) is 16.4. The second-order valence-corrected chi connectivity index (χ2v) is 7.96. The number of fused-ring (bicyclic) bond motifs is 1. The van der Waals surface area contributed by atoms with Gasteiger partial charge in [-0.05, 0) is 86.0 Å². The van der Waals surface area contributed by atoms with Crippen molar-refractivity contribution in [3.8, 4) is 11.5 Å². The molecule has 28 heavy (non-hydrogen) atoms. The highest BCUT2D eigenvalue weighted by Gasteiger charge is 2.14. The zero-order valence-corrected chi connectivity index (χ0v) is 17.6. The maximum Gasteiger partial charge on any atom is 0.231 e. The third kappa shape index (κ3) is 4.71. The Balaban J connectivity index is 1.71. The number of hydrogen-bond donors (Lipinski definition) is 1. The molecular weight excluding hydrogens is 366 g/mol. The van der Waals surface area contributed by atoms with Crippen LogP contribution in [-0.4, -0.2) is 13.3 Å². The van der Waals surface area contributed by atoms with Crippen molar-refractivity contribution in [2.24, 2.45) is 5.73 Å². The van der Waals surface area contributed by atoms with E-state index >= 15 is 0 Å². The molecule has 1 heterocycles. The van der Waals surface area contributed by atoms with Gasteiger partial charge in [0.05, 0.1) is 4.91 Å². The molecule has 2 aromatic rings. The third-order valence-corrected chi connectivity index (χ3v) is 5.99. The molecule has 3 nitrogen and oxygen atoms in total. The van der Waals surface area contributed by atoms with Gasteiger partial charge in [-0.15, -0.1) is 5.73 Å². The van der Waals surface area contributed by atoms with Gasteiger partial charge in [0.1, 0.15) is 0 Å². The summed E-state index contributed by atoms with van der Waals surface area (Å²) in [4.78, 5) is 0.976. The van der Waals surface area contributed by atoms with Gasteiger partial charge >= 0.3 is 0 Å². The van der Waals surface area contributed by atoms with Crippen LogP contribution in [0, 0.1) is 13.8 Å². The van der Waals surface area contributed by atoms with E-state index in [1.54, 1.807) is 11.8 Å². The summed E-state index contributed by atoms with van der Waals surface area (Å²) >= 11 is 1.64. The minimum Gasteiger partial charge on any atom is -0.454 e. The molecule has 0 aromatic heterocycles. The van der Waals surface area contributed by atoms with Crippen LogP contribution in [0.15, 0.2) is 53.6 Å². The number of benzene rings is 2. The molecule has 0 aliphatic carbocycles. The summed E-state index contributed by atoms with van der Waals surface area (Å²) in [6, 6.07) is 10.5. The van der Waals surface area contributed by atoms with Crippen molar-refractivity contribution in [2.75, 3.05) is 13.3 Å². The van der Waals surface area contributed by atoms with Crippen LogP contribution >= 0.6 is 11.8 Å². The van der Waals surface area contributed by atoms with Gasteiger partial charge in [0, 0.05) is 5.56 Å². The molecule has 0 amide bonds. The number of nitrogens with two attached hydrogens (primary N) is 1. The zero-order valence-electron chi connectivity index (χ0n) is 16.8. The minimum absolute atomic E-state index is 0.279. The van der Waals surface area contributed by atoms with Crippen LogP contribution in [0.1, 0.15) is 34.7 Å². The molecule has 1 aliphatic rings. The number of thioether (sulfide) groups is 1. The van der Waals surface area contributed by atoms with E-state index in [0.29, 0.717) is 6.54 Å². The highest BCUT2D eigenvalue weighted by molar-refractivity contribution is 8.10. The van der Waals surface area contributed by atoms with E-state index < -0.39 is 0 Å². The van der Waals surface area contributed by atoms with Crippen LogP contribution in [0.5, 0.6) is 11.5 Å². The Labute approximate surface area is 171 Å². The van der Waals surface area contributed by atoms with Crippen molar-refractivity contribution in [1.82, 2.24) is 0 Å². The van der Waals surface area contributed by atoms with Gasteiger partial charge in [-0.2, -0.15) is 0 Å². The van der Waals surface area contributed by atoms with E-state index in [0.717, 1.165) is 34.8 Å². The average Bonchev–Trinajstić information content (AvgIpc) is 3.14. The largest absolute Gasteiger partial charge is 0.454 e. The van der Waals surface area contributed by atoms with E-state index in [9.17, 15) is 0 Å². The van der Waals surface area contributed by atoms with Crippen LogP contribution in [0.4, 0.5) is 0 Å². The van der Waals surface area contributed by atoms with Gasteiger partial charge in [-0.3, -0.25) is 0 Å². The Hall–Kier alpha value is -2.39. The maximum atomic E-state index is 5.72. The number of aryl methyl sites for hydroxylation is 2. The lowest BCUT2D eigenvalue weighted by Gasteiger charge is -2.12. The number of allylic oxidation sites excluding steroid dienone is 1. The molecule has 0 saturated heterocycles. The standard InChI is InChI=1S/C24H27NO2S/c1-5-24(20-6-7-22-23(13-20)27-15-26-22)28-14-16(2)10-21-12-17(3)19(8-9-25)11-18(21)4/h6-7,11-14H,1,8-10,15,25H2,2-4H3/b16-14+. The highest BCUT2D eigenvalue weighted by Crippen LogP contribution is 2.37. The lowest BCUT2D eigenvalue weighted by atomic mass is 9.95. The molecule has 3 rings (SSSR count). The van der Waals surface area contributed by atoms with Crippen molar-refractivity contribution in [3.63, 3.8) is 0 Å². The summed E-state index contributed by atoms with van der Waals surface area (Å²) in [5.74, 6) is 1.56. The summed E-state index contributed by atoms with van der Waals surface area (Å²) in [7, 11) is 0. The summed E-state index contributed by atoms with van der Waals surface area (Å²) < 4.78 is 10.9. The molecule has 0 saturated carbocycles. The normalized spacial score (nSPS) is 12.8. The van der Waals surface area contributed by atoms with E-state index in [4.69, 9.17) is 15.2 Å². The minimum atomic E-state index is 0.279. The van der Waals surface area contributed by atoms with E-state index in [2.05, 4.69) is 50.6 Å². The van der Waals surface area contributed by atoms with Crippen molar-refractivity contribution in [1.29, 1.82) is 0 Å². The Morgan fingerprint density at radius 1 is 1.14 bits per heavy atom. The predicted molar refractivity (Wildman–Crippen MR) is 119 cm³/mol. The van der Waals surface area contributed by atoms with Gasteiger partial charge in [0.15, 0.2) is 11.5 Å². The Morgan fingerprint density at radius 3 is 2.61 bits per heavy atom. The molecule has 0 atom stereocenters. The number of rotatable bonds is 7. The van der Waals surface area contributed by atoms with E-state index in [-0.39, 0.29) is 6.79 Å². The molecule has 0 spiro atoms. The topological polar surface area (TPSA) is 44.5 Å². The van der Waals surface area contributed by atoms with E-state index in [1.807, 2.05) is 18.2 Å². The summed E-state index contributed by atoms with van der Waals surface area (Å²) in [6.07, 6.45) is 1.86. The molecular formula is C24H27NO2S. The zero-order chi connectivity index (χ0) is 20.1. The Bertz CT molecular complexity index is 955. The predicted octanol–water partition coefficient (Wildman–Crippen LogP) is 5.54. The summed E-state index contributed by atoms with van der Waals surface area (Å²) in [5, 5.41) is 2.18. The molecule has 0 radical (unpaired) electrons. The van der Waals surface area contributed by atoms with Crippen LogP contribution < -0.4 is 15.2 Å². The fraction of sp³-hybridized carbons (Fsp3) is 0.292. The second kappa shape index (κ2) is 9.20. The smallest absolute Gasteiger partial charge is 0.231 e. The van der Waals surface area contributed by atoms with Gasteiger partial charge < -0.3 is 15.2 Å². The first kappa shape index (κ1) is 20.3. The van der Waals surface area contributed by atoms with Gasteiger partial charge in [-0.25, -0.2) is 0 Å². The summed E-state index contributed by atoms with van der Waals surface area (Å²) in [6.45, 7) is 11.3. The lowest BCUT2D eigenvalue weighted by molar-refractivity contribution is 0.174. The molecule has 2 N–H and O–H groups in total. The van der Waals surface area contributed by atoms with Crippen molar-refractivity contribution >= 4 is 16.7 Å². The molecule has 4 heteroatoms. The lowest BCUT2D eigenvalue weighted by Crippen LogP contribution is -2.05. The Morgan fingerprint density at radius 2 is 1.86 bits per heavy atom. The van der Waals surface area contributed by atoms with Crippen molar-refractivity contribution < 1.29 is 9.47 Å². The van der Waals surface area contributed by atoms with Crippen molar-refractivity contribution in [3.05, 3.63) is 81.4 Å². The molecule has 2 aromatic carbocycles. The molecule has 0 bridgehead atoms. The van der Waals surface area contributed by atoms with Gasteiger partial charge in [0.2, 0.25) is 6.79 Å². The van der Waals surface area contributed by atoms with Crippen LogP contribution in [0.3, 0.4) is 0 Å². The monoisotopic (exact) mass is 393 g/mol. The second-order valence-electron chi connectivity index (χ2n) is 7.08. The molecule has 0 fully saturated rings. The maximum absolute atomic E-state index is 5.72. The Kier molecular flexibility index (Phi) is 6.69. The first-order valence-corrected chi connectivity index (χ1v) is 10.3. The SMILES string of the molecule is C=C=C(S/C=C(\C)Cc1cc(C)c(CCN)cc1C)c1ccc2c(c1)OCO2. The van der Waals surface area contributed by atoms with Crippen LogP contribution in [0.2, 0.25) is 0 Å². The first-order valence-electron chi connectivity index (χ1n) is 9.43. The number of ether oxygens (including phenoxy) is 2. The number of hydrogen-bond acceptors (Lipinski definition) is 4. The molecule has 0 unspecified atom stereocenters.